The minimum absolute atomic E-state index is 0.372. The van der Waals surface area contributed by atoms with Crippen molar-refractivity contribution in [2.75, 3.05) is 13.1 Å². The fourth-order valence-electron chi connectivity index (χ4n) is 5.51. The van der Waals surface area contributed by atoms with Gasteiger partial charge in [-0.25, -0.2) is 0 Å². The van der Waals surface area contributed by atoms with Crippen molar-refractivity contribution in [3.8, 4) is 0 Å². The quantitative estimate of drug-likeness (QED) is 0.697. The second-order valence-electron chi connectivity index (χ2n) is 6.64. The van der Waals surface area contributed by atoms with Crippen molar-refractivity contribution >= 4 is 0 Å². The third-order valence-corrected chi connectivity index (χ3v) is 6.08. The molecule has 96 valence electrons. The van der Waals surface area contributed by atoms with E-state index in [4.69, 9.17) is 0 Å². The highest BCUT2D eigenvalue weighted by Crippen LogP contribution is 2.53. The average molecular weight is 235 g/mol. The maximum atomic E-state index is 12.3. The molecular formula is C14H23N2O-. The van der Waals surface area contributed by atoms with E-state index in [9.17, 15) is 5.21 Å². The average Bonchev–Trinajstić information content (AvgIpc) is 2.71. The van der Waals surface area contributed by atoms with Crippen LogP contribution < -0.4 is 5.32 Å². The van der Waals surface area contributed by atoms with Gasteiger partial charge in [-0.2, -0.15) is 0 Å². The summed E-state index contributed by atoms with van der Waals surface area (Å²) in [5.74, 6) is 3.06. The lowest BCUT2D eigenvalue weighted by Gasteiger charge is -2.51. The maximum Gasteiger partial charge on any atom is 0.0144 e. The summed E-state index contributed by atoms with van der Waals surface area (Å²) in [5, 5.41) is 17.5. The zero-order chi connectivity index (χ0) is 11.4. The summed E-state index contributed by atoms with van der Waals surface area (Å²) >= 11 is 0. The second kappa shape index (κ2) is 3.94. The van der Waals surface area contributed by atoms with Crippen molar-refractivity contribution in [3.63, 3.8) is 0 Å². The molecule has 4 aliphatic rings. The summed E-state index contributed by atoms with van der Waals surface area (Å²) in [7, 11) is 0. The lowest BCUT2D eigenvalue weighted by molar-refractivity contribution is 0.0532. The zero-order valence-electron chi connectivity index (χ0n) is 10.5. The van der Waals surface area contributed by atoms with Crippen LogP contribution in [0.1, 0.15) is 38.5 Å². The third kappa shape index (κ3) is 1.45. The van der Waals surface area contributed by atoms with E-state index in [1.165, 1.54) is 43.7 Å². The van der Waals surface area contributed by atoms with Gasteiger partial charge in [-0.15, -0.1) is 0 Å². The molecule has 0 aromatic rings. The van der Waals surface area contributed by atoms with Gasteiger partial charge >= 0.3 is 0 Å². The van der Waals surface area contributed by atoms with Crippen molar-refractivity contribution in [2.45, 2.75) is 50.6 Å². The molecule has 2 saturated heterocycles. The monoisotopic (exact) mass is 235 g/mol. The van der Waals surface area contributed by atoms with E-state index in [0.717, 1.165) is 24.8 Å². The normalized spacial score (nSPS) is 54.2. The number of nitrogens with zero attached hydrogens (tertiary/aromatic N) is 1. The summed E-state index contributed by atoms with van der Waals surface area (Å²) < 4.78 is 0. The maximum absolute atomic E-state index is 12.3. The number of hydrogen-bond donors (Lipinski definition) is 1. The van der Waals surface area contributed by atoms with Gasteiger partial charge in [0.25, 0.3) is 0 Å². The van der Waals surface area contributed by atoms with Crippen LogP contribution in [0, 0.1) is 28.9 Å². The van der Waals surface area contributed by atoms with E-state index in [1.54, 1.807) is 0 Å². The number of hydroxylamine groups is 2. The van der Waals surface area contributed by atoms with Crippen LogP contribution in [-0.4, -0.2) is 30.2 Å². The molecule has 4 rings (SSSR count). The number of rotatable bonds is 0. The first kappa shape index (κ1) is 10.8. The molecule has 2 heterocycles. The van der Waals surface area contributed by atoms with Gasteiger partial charge in [0.1, 0.15) is 0 Å². The summed E-state index contributed by atoms with van der Waals surface area (Å²) in [4.78, 5) is 0. The van der Waals surface area contributed by atoms with Crippen LogP contribution in [0.4, 0.5) is 0 Å². The smallest absolute Gasteiger partial charge is 0.0144 e. The highest BCUT2D eigenvalue weighted by molar-refractivity contribution is 5.11. The van der Waals surface area contributed by atoms with Gasteiger partial charge in [0.05, 0.1) is 0 Å². The van der Waals surface area contributed by atoms with Crippen LogP contribution in [-0.2, 0) is 0 Å². The van der Waals surface area contributed by atoms with Crippen LogP contribution in [0.25, 0.3) is 0 Å². The van der Waals surface area contributed by atoms with E-state index in [1.807, 2.05) is 0 Å². The Morgan fingerprint density at radius 3 is 2.71 bits per heavy atom. The fourth-order valence-corrected chi connectivity index (χ4v) is 5.51. The lowest BCUT2D eigenvalue weighted by atomic mass is 9.75. The first-order chi connectivity index (χ1) is 8.36. The number of nitrogens with one attached hydrogen (secondary N) is 1. The minimum atomic E-state index is 0.372. The largest absolute Gasteiger partial charge is 0.785 e. The topological polar surface area (TPSA) is 38.3 Å². The number of fused-ring (bicyclic) bond motifs is 3. The second-order valence-corrected chi connectivity index (χ2v) is 6.64. The van der Waals surface area contributed by atoms with Crippen molar-refractivity contribution < 1.29 is 0 Å². The van der Waals surface area contributed by atoms with E-state index >= 15 is 0 Å². The molecule has 0 bridgehead atoms. The Kier molecular flexibility index (Phi) is 2.50. The first-order valence-corrected chi connectivity index (χ1v) is 7.53. The predicted molar refractivity (Wildman–Crippen MR) is 67.3 cm³/mol. The molecule has 3 heteroatoms. The van der Waals surface area contributed by atoms with Crippen LogP contribution in [0.5, 0.6) is 0 Å². The molecule has 0 aromatic heterocycles. The highest BCUT2D eigenvalue weighted by atomic mass is 16.5. The van der Waals surface area contributed by atoms with Gasteiger partial charge in [0.2, 0.25) is 0 Å². The standard InChI is InChI=1S/C14H23N2O/c17-16-8-6-9-5-7-15-13-10-3-1-2-4-11(10)14(16)12(9)13/h9-15H,1-8H2/q-1. The molecule has 0 spiro atoms. The molecular weight excluding hydrogens is 212 g/mol. The van der Waals surface area contributed by atoms with Crippen molar-refractivity contribution in [3.05, 3.63) is 5.21 Å². The number of hydrogen-bond acceptors (Lipinski definition) is 3. The zero-order valence-corrected chi connectivity index (χ0v) is 10.5. The summed E-state index contributed by atoms with van der Waals surface area (Å²) in [5.41, 5.74) is 0. The minimum Gasteiger partial charge on any atom is -0.785 e. The van der Waals surface area contributed by atoms with Crippen LogP contribution >= 0.6 is 0 Å². The Labute approximate surface area is 104 Å². The fraction of sp³-hybridized carbons (Fsp3) is 1.00. The van der Waals surface area contributed by atoms with E-state index in [0.29, 0.717) is 23.9 Å². The van der Waals surface area contributed by atoms with Crippen molar-refractivity contribution in [1.82, 2.24) is 10.4 Å². The Morgan fingerprint density at radius 2 is 1.82 bits per heavy atom. The lowest BCUT2D eigenvalue weighted by Crippen LogP contribution is -2.54. The molecule has 2 aliphatic heterocycles. The molecule has 2 aliphatic carbocycles. The summed E-state index contributed by atoms with van der Waals surface area (Å²) in [6, 6.07) is 1.05. The molecule has 4 fully saturated rings. The molecule has 2 saturated carbocycles. The van der Waals surface area contributed by atoms with Crippen molar-refractivity contribution in [1.29, 1.82) is 0 Å². The first-order valence-electron chi connectivity index (χ1n) is 7.53. The molecule has 3 nitrogen and oxygen atoms in total. The molecule has 0 radical (unpaired) electrons. The highest BCUT2D eigenvalue weighted by Gasteiger charge is 2.55. The van der Waals surface area contributed by atoms with Gasteiger partial charge in [-0.3, -0.25) is 0 Å². The summed E-state index contributed by atoms with van der Waals surface area (Å²) in [6.07, 6.45) is 7.90. The Bertz CT molecular complexity index is 299. The van der Waals surface area contributed by atoms with E-state index in [-0.39, 0.29) is 0 Å². The van der Waals surface area contributed by atoms with Crippen molar-refractivity contribution in [2.24, 2.45) is 23.7 Å². The Hall–Kier alpha value is -0.120. The Balaban J connectivity index is 1.70. The third-order valence-electron chi connectivity index (χ3n) is 6.08. The molecule has 17 heavy (non-hydrogen) atoms. The van der Waals surface area contributed by atoms with Gasteiger partial charge < -0.3 is 15.6 Å². The van der Waals surface area contributed by atoms with Crippen LogP contribution in [0.15, 0.2) is 0 Å². The van der Waals surface area contributed by atoms with Crippen LogP contribution in [0.3, 0.4) is 0 Å². The molecule has 0 amide bonds. The van der Waals surface area contributed by atoms with E-state index in [2.05, 4.69) is 5.32 Å². The number of piperidine rings is 2. The van der Waals surface area contributed by atoms with Gasteiger partial charge in [0, 0.05) is 12.1 Å². The molecule has 0 aromatic carbocycles. The SMILES string of the molecule is [O-]N1CCC2CCNC3C4CCCCC4C1C23. The van der Waals surface area contributed by atoms with Gasteiger partial charge in [-0.05, 0) is 62.4 Å². The van der Waals surface area contributed by atoms with Gasteiger partial charge in [0.15, 0.2) is 0 Å². The van der Waals surface area contributed by atoms with E-state index < -0.39 is 0 Å². The molecule has 6 unspecified atom stereocenters. The Morgan fingerprint density at radius 1 is 1.00 bits per heavy atom. The van der Waals surface area contributed by atoms with Crippen LogP contribution in [0.2, 0.25) is 0 Å². The molecule has 1 N–H and O–H groups in total. The summed E-state index contributed by atoms with van der Waals surface area (Å²) in [6.45, 7) is 2.00. The predicted octanol–water partition coefficient (Wildman–Crippen LogP) is 1.97. The van der Waals surface area contributed by atoms with Gasteiger partial charge in [-0.1, -0.05) is 12.8 Å². The molecule has 6 atom stereocenters.